The Bertz CT molecular complexity index is 487. The number of rotatable bonds is 1. The fourth-order valence-electron chi connectivity index (χ4n) is 1.64. The number of amides is 1. The molecule has 1 N–H and O–H groups in total. The van der Waals surface area contributed by atoms with Crippen LogP contribution in [-0.2, 0) is 11.2 Å². The van der Waals surface area contributed by atoms with E-state index in [1.165, 1.54) is 12.1 Å². The Labute approximate surface area is 105 Å². The van der Waals surface area contributed by atoms with Gasteiger partial charge in [0, 0.05) is 10.7 Å². The fourth-order valence-corrected chi connectivity index (χ4v) is 2.15. The van der Waals surface area contributed by atoms with Gasteiger partial charge in [-0.15, -0.1) is 11.6 Å². The zero-order chi connectivity index (χ0) is 12.8. The molecular formula is C10H6Cl2F3NO. The minimum absolute atomic E-state index is 0.0426. The van der Waals surface area contributed by atoms with Gasteiger partial charge in [0.15, 0.2) is 5.38 Å². The van der Waals surface area contributed by atoms with Crippen LogP contribution in [0, 0.1) is 0 Å². The normalized spacial score (nSPS) is 16.6. The first kappa shape index (κ1) is 12.5. The van der Waals surface area contributed by atoms with Crippen LogP contribution in [0.1, 0.15) is 16.5 Å². The topological polar surface area (TPSA) is 29.1 Å². The van der Waals surface area contributed by atoms with E-state index in [1.54, 1.807) is 0 Å². The first-order chi connectivity index (χ1) is 7.79. The lowest BCUT2D eigenvalue weighted by atomic mass is 10.1. The maximum atomic E-state index is 12.5. The number of carbonyl (C=O) groups is 1. The smallest absolute Gasteiger partial charge is 0.325 e. The number of anilines is 1. The second-order valence-corrected chi connectivity index (χ2v) is 4.50. The van der Waals surface area contributed by atoms with Gasteiger partial charge in [-0.3, -0.25) is 4.79 Å². The van der Waals surface area contributed by atoms with E-state index in [2.05, 4.69) is 5.32 Å². The Kier molecular flexibility index (Phi) is 2.99. The number of alkyl halides is 4. The van der Waals surface area contributed by atoms with E-state index in [4.69, 9.17) is 23.2 Å². The molecule has 1 atom stereocenters. The van der Waals surface area contributed by atoms with Crippen LogP contribution < -0.4 is 5.32 Å². The molecule has 0 aliphatic carbocycles. The lowest BCUT2D eigenvalue weighted by Gasteiger charge is -2.16. The highest BCUT2D eigenvalue weighted by molar-refractivity contribution is 6.33. The molecule has 0 bridgehead atoms. The van der Waals surface area contributed by atoms with Crippen molar-refractivity contribution < 1.29 is 18.0 Å². The molecule has 92 valence electrons. The minimum Gasteiger partial charge on any atom is -0.325 e. The van der Waals surface area contributed by atoms with Gasteiger partial charge in [-0.2, -0.15) is 13.2 Å². The maximum absolute atomic E-state index is 12.5. The molecule has 0 fully saturated rings. The molecule has 1 heterocycles. The number of halogens is 5. The lowest BCUT2D eigenvalue weighted by Crippen LogP contribution is -2.16. The van der Waals surface area contributed by atoms with Crippen molar-refractivity contribution in [2.45, 2.75) is 18.0 Å². The van der Waals surface area contributed by atoms with Crippen molar-refractivity contribution in [3.63, 3.8) is 0 Å². The van der Waals surface area contributed by atoms with Crippen molar-refractivity contribution in [3.05, 3.63) is 28.3 Å². The molecule has 1 aromatic carbocycles. The molecule has 1 unspecified atom stereocenters. The van der Waals surface area contributed by atoms with Gasteiger partial charge in [-0.05, 0) is 23.3 Å². The van der Waals surface area contributed by atoms with Crippen molar-refractivity contribution in [3.8, 4) is 0 Å². The maximum Gasteiger partial charge on any atom is 0.408 e. The van der Waals surface area contributed by atoms with Crippen LogP contribution in [0.4, 0.5) is 18.9 Å². The number of fused-ring (bicyclic) bond motifs is 1. The van der Waals surface area contributed by atoms with Gasteiger partial charge < -0.3 is 5.32 Å². The zero-order valence-corrected chi connectivity index (χ0v) is 9.75. The second kappa shape index (κ2) is 4.07. The van der Waals surface area contributed by atoms with Gasteiger partial charge in [0.1, 0.15) is 0 Å². The van der Waals surface area contributed by atoms with E-state index < -0.39 is 11.6 Å². The average molecular weight is 284 g/mol. The Morgan fingerprint density at radius 1 is 1.35 bits per heavy atom. The summed E-state index contributed by atoms with van der Waals surface area (Å²) in [6.45, 7) is 0. The number of hydrogen-bond acceptors (Lipinski definition) is 1. The Balaban J connectivity index is 2.44. The van der Waals surface area contributed by atoms with Gasteiger partial charge >= 0.3 is 6.18 Å². The third-order valence-corrected chi connectivity index (χ3v) is 3.22. The number of benzene rings is 1. The minimum atomic E-state index is -4.57. The molecule has 0 saturated heterocycles. The average Bonchev–Trinajstić information content (AvgIpc) is 2.53. The quantitative estimate of drug-likeness (QED) is 0.783. The third kappa shape index (κ3) is 2.35. The van der Waals surface area contributed by atoms with Crippen molar-refractivity contribution in [1.29, 1.82) is 0 Å². The highest BCUT2D eigenvalue weighted by Gasteiger charge is 2.41. The molecule has 1 aliphatic heterocycles. The van der Waals surface area contributed by atoms with E-state index in [-0.39, 0.29) is 22.9 Å². The van der Waals surface area contributed by atoms with Gasteiger partial charge in [0.25, 0.3) is 0 Å². The summed E-state index contributed by atoms with van der Waals surface area (Å²) in [7, 11) is 0. The van der Waals surface area contributed by atoms with Crippen molar-refractivity contribution >= 4 is 34.8 Å². The summed E-state index contributed by atoms with van der Waals surface area (Å²) in [5, 5.41) is 0.217. The van der Waals surface area contributed by atoms with Crippen molar-refractivity contribution in [1.82, 2.24) is 0 Å². The molecule has 1 aliphatic rings. The molecule has 0 radical (unpaired) electrons. The lowest BCUT2D eigenvalue weighted by molar-refractivity contribution is -0.131. The first-order valence-electron chi connectivity index (χ1n) is 4.62. The summed E-state index contributed by atoms with van der Waals surface area (Å²) in [6, 6.07) is 2.51. The van der Waals surface area contributed by atoms with Crippen LogP contribution >= 0.6 is 23.2 Å². The third-order valence-electron chi connectivity index (χ3n) is 2.41. The van der Waals surface area contributed by atoms with Crippen LogP contribution in [0.2, 0.25) is 5.02 Å². The molecule has 1 aromatic rings. The van der Waals surface area contributed by atoms with E-state index in [9.17, 15) is 18.0 Å². The molecule has 0 aromatic heterocycles. The predicted octanol–water partition coefficient (Wildman–Crippen LogP) is 3.68. The first-order valence-corrected chi connectivity index (χ1v) is 5.43. The largest absolute Gasteiger partial charge is 0.408 e. The highest BCUT2D eigenvalue weighted by atomic mass is 35.5. The molecule has 1 amide bonds. The summed E-state index contributed by atoms with van der Waals surface area (Å²) >= 11 is 11.0. The summed E-state index contributed by atoms with van der Waals surface area (Å²) in [6.07, 6.45) is -4.53. The van der Waals surface area contributed by atoms with Crippen molar-refractivity contribution in [2.75, 3.05) is 5.32 Å². The second-order valence-electron chi connectivity index (χ2n) is 3.66. The number of nitrogens with one attached hydrogen (secondary N) is 1. The van der Waals surface area contributed by atoms with Crippen LogP contribution in [0.3, 0.4) is 0 Å². The molecule has 0 spiro atoms. The SMILES string of the molecule is O=C1Cc2cc(C(Cl)C(F)(F)F)c(Cl)cc2N1. The monoisotopic (exact) mass is 283 g/mol. The van der Waals surface area contributed by atoms with Crippen LogP contribution in [0.25, 0.3) is 0 Å². The molecular weight excluding hydrogens is 278 g/mol. The molecule has 7 heteroatoms. The van der Waals surface area contributed by atoms with Crippen LogP contribution in [-0.4, -0.2) is 12.1 Å². The number of hydrogen-bond donors (Lipinski definition) is 1. The summed E-state index contributed by atoms with van der Waals surface area (Å²) in [4.78, 5) is 11.1. The molecule has 0 saturated carbocycles. The Hall–Kier alpha value is -0.940. The van der Waals surface area contributed by atoms with E-state index in [0.717, 1.165) is 0 Å². The summed E-state index contributed by atoms with van der Waals surface area (Å²) in [5.74, 6) is -0.272. The number of carbonyl (C=O) groups excluding carboxylic acids is 1. The van der Waals surface area contributed by atoms with Gasteiger partial charge in [-0.1, -0.05) is 11.6 Å². The van der Waals surface area contributed by atoms with E-state index in [0.29, 0.717) is 11.3 Å². The molecule has 2 nitrogen and oxygen atoms in total. The van der Waals surface area contributed by atoms with Crippen molar-refractivity contribution in [2.24, 2.45) is 0 Å². The van der Waals surface area contributed by atoms with Crippen LogP contribution in [0.5, 0.6) is 0 Å². The summed E-state index contributed by atoms with van der Waals surface area (Å²) < 4.78 is 37.4. The van der Waals surface area contributed by atoms with Crippen LogP contribution in [0.15, 0.2) is 12.1 Å². The molecule has 2 rings (SSSR count). The predicted molar refractivity (Wildman–Crippen MR) is 58.4 cm³/mol. The van der Waals surface area contributed by atoms with E-state index in [1.807, 2.05) is 0 Å². The highest BCUT2D eigenvalue weighted by Crippen LogP contribution is 2.43. The fraction of sp³-hybridized carbons (Fsp3) is 0.300. The van der Waals surface area contributed by atoms with Gasteiger partial charge in [0.05, 0.1) is 6.42 Å². The van der Waals surface area contributed by atoms with E-state index >= 15 is 0 Å². The summed E-state index contributed by atoms with van der Waals surface area (Å²) in [5.41, 5.74) is 0.690. The Morgan fingerprint density at radius 2 is 2.00 bits per heavy atom. The van der Waals surface area contributed by atoms with Gasteiger partial charge in [-0.25, -0.2) is 0 Å². The molecule has 17 heavy (non-hydrogen) atoms. The standard InChI is InChI=1S/C10H6Cl2F3NO/c11-6-3-7-4(2-8(17)16-7)1-5(6)9(12)10(13,14)15/h1,3,9H,2H2,(H,16,17). The zero-order valence-electron chi connectivity index (χ0n) is 8.24. The Morgan fingerprint density at radius 3 is 2.59 bits per heavy atom. The van der Waals surface area contributed by atoms with Gasteiger partial charge in [0.2, 0.25) is 5.91 Å².